The number of ether oxygens (including phenoxy) is 1. The van der Waals surface area contributed by atoms with Crippen molar-refractivity contribution in [2.75, 3.05) is 26.0 Å². The molecular weight excluding hydrogens is 468 g/mol. The molecule has 3 aromatic rings. The Morgan fingerprint density at radius 2 is 1.74 bits per heavy atom. The minimum absolute atomic E-state index is 0.0396. The second kappa shape index (κ2) is 10.1. The van der Waals surface area contributed by atoms with Gasteiger partial charge in [-0.15, -0.1) is 0 Å². The highest BCUT2D eigenvalue weighted by Gasteiger charge is 2.23. The molecule has 182 valence electrons. The number of carbonyl (C=O) groups excluding carboxylic acids is 2. The first-order valence-electron chi connectivity index (χ1n) is 10.7. The van der Waals surface area contributed by atoms with Crippen molar-refractivity contribution in [1.82, 2.24) is 8.87 Å². The summed E-state index contributed by atoms with van der Waals surface area (Å²) in [7, 11) is -0.968. The molecule has 3 rings (SSSR count). The molecule has 2 aromatic carbocycles. The molecule has 0 bridgehead atoms. The number of rotatable bonds is 7. The number of amides is 1. The SMILES string of the molecule is Cc1ccc(S(=O)(=O)N(C)C)cc1C(=O)OCC(=O)Nc1c(C#N)c(C)c(C)n1-c1ccccc1. The van der Waals surface area contributed by atoms with E-state index in [0.29, 0.717) is 11.1 Å². The molecule has 0 saturated carbocycles. The highest BCUT2D eigenvalue weighted by molar-refractivity contribution is 7.89. The van der Waals surface area contributed by atoms with Crippen molar-refractivity contribution in [3.63, 3.8) is 0 Å². The number of hydrogen-bond donors (Lipinski definition) is 1. The number of nitrogens with zero attached hydrogens (tertiary/aromatic N) is 3. The Morgan fingerprint density at radius 1 is 1.09 bits per heavy atom. The minimum atomic E-state index is -3.75. The quantitative estimate of drug-likeness (QED) is 0.503. The zero-order valence-electron chi connectivity index (χ0n) is 20.1. The van der Waals surface area contributed by atoms with E-state index < -0.39 is 28.5 Å². The number of nitrogens with one attached hydrogen (secondary N) is 1. The maximum absolute atomic E-state index is 12.7. The standard InChI is InChI=1S/C25H26N4O5S/c1-16-11-12-20(35(32,33)28(4)5)13-21(16)25(31)34-15-23(30)27-24-22(14-26)17(2)18(3)29(24)19-9-7-6-8-10-19/h6-13H,15H2,1-5H3,(H,27,30). The van der Waals surface area contributed by atoms with Gasteiger partial charge in [-0.1, -0.05) is 24.3 Å². The van der Waals surface area contributed by atoms with Crippen molar-refractivity contribution >= 4 is 27.7 Å². The van der Waals surface area contributed by atoms with Gasteiger partial charge in [-0.2, -0.15) is 5.26 Å². The van der Waals surface area contributed by atoms with Crippen LogP contribution in [-0.2, 0) is 19.6 Å². The summed E-state index contributed by atoms with van der Waals surface area (Å²) in [5, 5.41) is 12.4. The third-order valence-corrected chi connectivity index (χ3v) is 7.45. The van der Waals surface area contributed by atoms with Crippen molar-refractivity contribution in [3.8, 4) is 11.8 Å². The number of carbonyl (C=O) groups is 2. The van der Waals surface area contributed by atoms with Gasteiger partial charge in [0.05, 0.1) is 16.0 Å². The lowest BCUT2D eigenvalue weighted by Gasteiger charge is -2.14. The van der Waals surface area contributed by atoms with E-state index in [1.807, 2.05) is 37.3 Å². The molecule has 1 heterocycles. The molecule has 0 radical (unpaired) electrons. The van der Waals surface area contributed by atoms with E-state index in [1.165, 1.54) is 32.3 Å². The first kappa shape index (κ1) is 25.7. The third kappa shape index (κ3) is 5.11. The lowest BCUT2D eigenvalue weighted by atomic mass is 10.1. The van der Waals surface area contributed by atoms with Crippen LogP contribution in [0.4, 0.5) is 5.82 Å². The smallest absolute Gasteiger partial charge is 0.338 e. The Bertz CT molecular complexity index is 1430. The van der Waals surface area contributed by atoms with E-state index in [4.69, 9.17) is 4.74 Å². The fraction of sp³-hybridized carbons (Fsp3) is 0.240. The summed E-state index contributed by atoms with van der Waals surface area (Å²) >= 11 is 0. The van der Waals surface area contributed by atoms with E-state index >= 15 is 0 Å². The van der Waals surface area contributed by atoms with Crippen LogP contribution in [-0.4, -0.2) is 49.9 Å². The molecule has 0 aliphatic rings. The molecule has 0 fully saturated rings. The van der Waals surface area contributed by atoms with Gasteiger partial charge >= 0.3 is 5.97 Å². The van der Waals surface area contributed by atoms with Gasteiger partial charge in [0.1, 0.15) is 11.9 Å². The molecule has 10 heteroatoms. The van der Waals surface area contributed by atoms with Crippen molar-refractivity contribution in [3.05, 3.63) is 76.5 Å². The van der Waals surface area contributed by atoms with Crippen molar-refractivity contribution in [1.29, 1.82) is 5.26 Å². The van der Waals surface area contributed by atoms with Crippen molar-refractivity contribution < 1.29 is 22.7 Å². The first-order chi connectivity index (χ1) is 16.5. The number of anilines is 1. The van der Waals surface area contributed by atoms with Crippen LogP contribution in [0.25, 0.3) is 5.69 Å². The average molecular weight is 495 g/mol. The zero-order valence-corrected chi connectivity index (χ0v) is 20.9. The number of para-hydroxylation sites is 1. The monoisotopic (exact) mass is 494 g/mol. The van der Waals surface area contributed by atoms with Crippen LogP contribution in [0.15, 0.2) is 53.4 Å². The maximum Gasteiger partial charge on any atom is 0.338 e. The molecule has 0 aliphatic carbocycles. The number of aromatic nitrogens is 1. The molecule has 0 unspecified atom stereocenters. The Hall–Kier alpha value is -3.94. The summed E-state index contributed by atoms with van der Waals surface area (Å²) in [6.45, 7) is 4.66. The molecule has 1 N–H and O–H groups in total. The normalized spacial score (nSPS) is 11.2. The number of hydrogen-bond acceptors (Lipinski definition) is 6. The molecule has 9 nitrogen and oxygen atoms in total. The Morgan fingerprint density at radius 3 is 2.34 bits per heavy atom. The molecule has 0 aliphatic heterocycles. The average Bonchev–Trinajstić information content (AvgIpc) is 3.06. The second-order valence-electron chi connectivity index (χ2n) is 8.11. The fourth-order valence-corrected chi connectivity index (χ4v) is 4.46. The number of nitriles is 1. The highest BCUT2D eigenvalue weighted by atomic mass is 32.2. The van der Waals surface area contributed by atoms with Crippen LogP contribution >= 0.6 is 0 Å². The number of esters is 1. The van der Waals surface area contributed by atoms with Gasteiger partial charge in [0, 0.05) is 25.5 Å². The van der Waals surface area contributed by atoms with E-state index in [2.05, 4.69) is 11.4 Å². The van der Waals surface area contributed by atoms with Gasteiger partial charge in [0.25, 0.3) is 5.91 Å². The van der Waals surface area contributed by atoms with E-state index in [1.54, 1.807) is 18.4 Å². The van der Waals surface area contributed by atoms with E-state index in [9.17, 15) is 23.3 Å². The summed E-state index contributed by atoms with van der Waals surface area (Å²) < 4.78 is 32.8. The molecule has 0 saturated heterocycles. The summed E-state index contributed by atoms with van der Waals surface area (Å²) in [5.41, 5.74) is 3.12. The topological polar surface area (TPSA) is 122 Å². The van der Waals surface area contributed by atoms with Crippen LogP contribution in [0.1, 0.15) is 32.7 Å². The van der Waals surface area contributed by atoms with Gasteiger partial charge < -0.3 is 10.1 Å². The minimum Gasteiger partial charge on any atom is -0.452 e. The highest BCUT2D eigenvalue weighted by Crippen LogP contribution is 2.30. The predicted octanol–water partition coefficient (Wildman–Crippen LogP) is 3.32. The number of sulfonamides is 1. The van der Waals surface area contributed by atoms with Crippen molar-refractivity contribution in [2.24, 2.45) is 0 Å². The van der Waals surface area contributed by atoms with E-state index in [0.717, 1.165) is 21.2 Å². The fourth-order valence-electron chi connectivity index (χ4n) is 3.53. The third-order valence-electron chi connectivity index (χ3n) is 5.64. The molecule has 0 atom stereocenters. The molecular formula is C25H26N4O5S. The number of aryl methyl sites for hydroxylation is 1. The Labute approximate surface area is 204 Å². The van der Waals surface area contributed by atoms with Crippen LogP contribution in [0, 0.1) is 32.1 Å². The van der Waals surface area contributed by atoms with Gasteiger partial charge in [0.2, 0.25) is 10.0 Å². The molecule has 1 amide bonds. The zero-order chi connectivity index (χ0) is 25.9. The van der Waals surface area contributed by atoms with Crippen LogP contribution < -0.4 is 5.32 Å². The molecule has 0 spiro atoms. The largest absolute Gasteiger partial charge is 0.452 e. The lowest BCUT2D eigenvalue weighted by Crippen LogP contribution is -2.24. The number of benzene rings is 2. The van der Waals surface area contributed by atoms with Gasteiger partial charge in [-0.3, -0.25) is 9.36 Å². The van der Waals surface area contributed by atoms with Crippen molar-refractivity contribution in [2.45, 2.75) is 25.7 Å². The van der Waals surface area contributed by atoms with Crippen LogP contribution in [0.2, 0.25) is 0 Å². The Balaban J connectivity index is 1.82. The molecule has 35 heavy (non-hydrogen) atoms. The molecule has 1 aromatic heterocycles. The maximum atomic E-state index is 12.7. The first-order valence-corrected chi connectivity index (χ1v) is 12.1. The van der Waals surface area contributed by atoms with Gasteiger partial charge in [-0.05, 0) is 56.2 Å². The lowest BCUT2D eigenvalue weighted by molar-refractivity contribution is -0.119. The summed E-state index contributed by atoms with van der Waals surface area (Å²) in [6, 6.07) is 15.5. The summed E-state index contributed by atoms with van der Waals surface area (Å²) in [4.78, 5) is 25.3. The van der Waals surface area contributed by atoms with Crippen LogP contribution in [0.3, 0.4) is 0 Å². The predicted molar refractivity (Wildman–Crippen MR) is 131 cm³/mol. The second-order valence-corrected chi connectivity index (χ2v) is 10.3. The summed E-state index contributed by atoms with van der Waals surface area (Å²) in [5.74, 6) is -1.19. The summed E-state index contributed by atoms with van der Waals surface area (Å²) in [6.07, 6.45) is 0. The van der Waals surface area contributed by atoms with Gasteiger partial charge in [0.15, 0.2) is 6.61 Å². The van der Waals surface area contributed by atoms with E-state index in [-0.39, 0.29) is 16.3 Å². The van der Waals surface area contributed by atoms with Gasteiger partial charge in [-0.25, -0.2) is 17.5 Å². The Kier molecular flexibility index (Phi) is 7.43. The van der Waals surface area contributed by atoms with Crippen LogP contribution in [0.5, 0.6) is 0 Å².